The third-order valence-electron chi connectivity index (χ3n) is 6.09. The molecule has 0 fully saturated rings. The van der Waals surface area contributed by atoms with E-state index in [4.69, 9.17) is 0 Å². The van der Waals surface area contributed by atoms with Crippen LogP contribution in [0.2, 0.25) is 0 Å². The summed E-state index contributed by atoms with van der Waals surface area (Å²) in [5.74, 6) is -0.541. The molecule has 0 saturated heterocycles. The van der Waals surface area contributed by atoms with E-state index in [1.165, 1.54) is 10.6 Å². The minimum Gasteiger partial charge on any atom is -0.354 e. The standard InChI is InChI=1S/C24H23FN6O2/c1-14-11-28-31-21-10-18(25)17(9-20(21)29-24(33)22(14)31)13-30-7-5-15(6-8-30)16-3-4-19(27-12-16)23(32)26-2/h3-5,9-12H,6-8,13H2,1-2H3,(H,26,32)(H,29,33). The molecule has 0 saturated carbocycles. The zero-order valence-corrected chi connectivity index (χ0v) is 18.4. The number of benzene rings is 1. The van der Waals surface area contributed by atoms with Gasteiger partial charge in [0.1, 0.15) is 17.0 Å². The lowest BCUT2D eigenvalue weighted by atomic mass is 10.0. The van der Waals surface area contributed by atoms with E-state index in [1.807, 2.05) is 6.07 Å². The third kappa shape index (κ3) is 3.80. The molecule has 0 radical (unpaired) electrons. The van der Waals surface area contributed by atoms with Gasteiger partial charge < -0.3 is 10.3 Å². The fourth-order valence-electron chi connectivity index (χ4n) is 4.28. The molecule has 0 spiro atoms. The van der Waals surface area contributed by atoms with Gasteiger partial charge in [-0.1, -0.05) is 12.1 Å². The maximum atomic E-state index is 15.0. The molecule has 168 valence electrons. The summed E-state index contributed by atoms with van der Waals surface area (Å²) in [5.41, 5.74) is 5.07. The number of H-pyrrole nitrogens is 1. The second-order valence-electron chi connectivity index (χ2n) is 8.23. The summed E-state index contributed by atoms with van der Waals surface area (Å²) < 4.78 is 16.5. The number of rotatable bonds is 4. The van der Waals surface area contributed by atoms with Gasteiger partial charge >= 0.3 is 0 Å². The van der Waals surface area contributed by atoms with Crippen molar-refractivity contribution < 1.29 is 9.18 Å². The summed E-state index contributed by atoms with van der Waals surface area (Å²) in [6.45, 7) is 3.66. The summed E-state index contributed by atoms with van der Waals surface area (Å²) in [7, 11) is 1.57. The fraction of sp³-hybridized carbons (Fsp3) is 0.250. The number of aromatic nitrogens is 4. The van der Waals surface area contributed by atoms with Crippen LogP contribution in [0.25, 0.3) is 22.1 Å². The fourth-order valence-corrected chi connectivity index (χ4v) is 4.28. The van der Waals surface area contributed by atoms with Crippen LogP contribution in [-0.2, 0) is 6.54 Å². The predicted octanol–water partition coefficient (Wildman–Crippen LogP) is 2.67. The van der Waals surface area contributed by atoms with Crippen molar-refractivity contribution in [2.75, 3.05) is 20.1 Å². The Kier molecular flexibility index (Phi) is 5.26. The molecule has 4 aromatic rings. The van der Waals surface area contributed by atoms with Crippen LogP contribution in [0.5, 0.6) is 0 Å². The smallest absolute Gasteiger partial charge is 0.274 e. The van der Waals surface area contributed by atoms with Crippen LogP contribution < -0.4 is 10.9 Å². The van der Waals surface area contributed by atoms with Crippen molar-refractivity contribution in [3.8, 4) is 0 Å². The van der Waals surface area contributed by atoms with Crippen LogP contribution in [0.3, 0.4) is 0 Å². The van der Waals surface area contributed by atoms with Gasteiger partial charge in [0.05, 0.1) is 17.2 Å². The molecule has 3 aromatic heterocycles. The molecule has 9 heteroatoms. The van der Waals surface area contributed by atoms with Crippen LogP contribution in [0.1, 0.15) is 33.6 Å². The summed E-state index contributed by atoms with van der Waals surface area (Å²) >= 11 is 0. The number of hydrogen-bond acceptors (Lipinski definition) is 5. The minimum absolute atomic E-state index is 0.215. The Labute approximate surface area is 188 Å². The predicted molar refractivity (Wildman–Crippen MR) is 124 cm³/mol. The highest BCUT2D eigenvalue weighted by molar-refractivity contribution is 5.92. The SMILES string of the molecule is CNC(=O)c1ccc(C2=CCN(Cc3cc4[nH]c(=O)c5c(C)cnn5c4cc3F)CC2)cn1. The first kappa shape index (κ1) is 21.0. The molecule has 5 rings (SSSR count). The average molecular weight is 446 g/mol. The lowest BCUT2D eigenvalue weighted by Crippen LogP contribution is -2.28. The minimum atomic E-state index is -0.326. The van der Waals surface area contributed by atoms with Crippen molar-refractivity contribution >= 4 is 28.0 Å². The molecule has 2 N–H and O–H groups in total. The van der Waals surface area contributed by atoms with Gasteiger partial charge in [0.2, 0.25) is 0 Å². The van der Waals surface area contributed by atoms with Crippen molar-refractivity contribution in [1.82, 2.24) is 29.8 Å². The molecule has 0 bridgehead atoms. The van der Waals surface area contributed by atoms with Gasteiger partial charge in [0, 0.05) is 50.1 Å². The van der Waals surface area contributed by atoms with E-state index < -0.39 is 0 Å². The lowest BCUT2D eigenvalue weighted by molar-refractivity contribution is 0.0958. The van der Waals surface area contributed by atoms with Gasteiger partial charge in [-0.25, -0.2) is 8.91 Å². The number of hydrogen-bond donors (Lipinski definition) is 2. The number of fused-ring (bicyclic) bond motifs is 3. The zero-order chi connectivity index (χ0) is 23.1. The largest absolute Gasteiger partial charge is 0.354 e. The number of pyridine rings is 1. The number of aryl methyl sites for hydroxylation is 1. The van der Waals surface area contributed by atoms with Gasteiger partial charge in [-0.05, 0) is 36.6 Å². The number of halogens is 1. The van der Waals surface area contributed by atoms with Crippen molar-refractivity contribution in [3.63, 3.8) is 0 Å². The number of carbonyl (C=O) groups excluding carboxylic acids is 1. The molecule has 0 aliphatic carbocycles. The first-order chi connectivity index (χ1) is 15.9. The van der Waals surface area contributed by atoms with Crippen LogP contribution in [0.4, 0.5) is 4.39 Å². The molecule has 1 aliphatic heterocycles. The molecule has 0 unspecified atom stereocenters. The first-order valence-corrected chi connectivity index (χ1v) is 10.7. The summed E-state index contributed by atoms with van der Waals surface area (Å²) in [6, 6.07) is 6.74. The average Bonchev–Trinajstić information content (AvgIpc) is 3.23. The molecular formula is C24H23FN6O2. The van der Waals surface area contributed by atoms with E-state index in [0.717, 1.165) is 29.7 Å². The highest BCUT2D eigenvalue weighted by Crippen LogP contribution is 2.25. The second-order valence-corrected chi connectivity index (χ2v) is 8.23. The molecule has 1 aliphatic rings. The third-order valence-corrected chi connectivity index (χ3v) is 6.09. The van der Waals surface area contributed by atoms with E-state index in [0.29, 0.717) is 40.9 Å². The number of carbonyl (C=O) groups is 1. The van der Waals surface area contributed by atoms with Gasteiger partial charge in [-0.2, -0.15) is 5.10 Å². The summed E-state index contributed by atoms with van der Waals surface area (Å²) in [4.78, 5) is 33.4. The van der Waals surface area contributed by atoms with Crippen LogP contribution in [0.15, 0.2) is 47.5 Å². The van der Waals surface area contributed by atoms with Gasteiger partial charge in [-0.3, -0.25) is 19.5 Å². The Bertz CT molecular complexity index is 1470. The quantitative estimate of drug-likeness (QED) is 0.503. The molecular weight excluding hydrogens is 423 g/mol. The molecule has 1 aromatic carbocycles. The number of nitrogens with zero attached hydrogens (tertiary/aromatic N) is 4. The summed E-state index contributed by atoms with van der Waals surface area (Å²) in [6.07, 6.45) is 6.22. The van der Waals surface area contributed by atoms with Gasteiger partial charge in [0.25, 0.3) is 11.5 Å². The van der Waals surface area contributed by atoms with Gasteiger partial charge in [-0.15, -0.1) is 0 Å². The summed E-state index contributed by atoms with van der Waals surface area (Å²) in [5, 5.41) is 6.80. The van der Waals surface area contributed by atoms with E-state index in [-0.39, 0.29) is 17.3 Å². The molecule has 8 nitrogen and oxygen atoms in total. The maximum Gasteiger partial charge on any atom is 0.274 e. The number of amides is 1. The molecule has 4 heterocycles. The Balaban J connectivity index is 1.36. The van der Waals surface area contributed by atoms with E-state index in [1.54, 1.807) is 38.5 Å². The number of aromatic amines is 1. The first-order valence-electron chi connectivity index (χ1n) is 10.7. The lowest BCUT2D eigenvalue weighted by Gasteiger charge is -2.26. The van der Waals surface area contributed by atoms with Crippen molar-refractivity contribution in [1.29, 1.82) is 0 Å². The topological polar surface area (TPSA) is 95.4 Å². The maximum absolute atomic E-state index is 15.0. The molecule has 0 atom stereocenters. The van der Waals surface area contributed by atoms with Crippen LogP contribution in [-0.4, -0.2) is 50.5 Å². The van der Waals surface area contributed by atoms with Crippen LogP contribution >= 0.6 is 0 Å². The Hall–Kier alpha value is -3.85. The van der Waals surface area contributed by atoms with Crippen molar-refractivity contribution in [2.45, 2.75) is 19.9 Å². The highest BCUT2D eigenvalue weighted by Gasteiger charge is 2.18. The Morgan fingerprint density at radius 1 is 1.27 bits per heavy atom. The van der Waals surface area contributed by atoms with Gasteiger partial charge in [0.15, 0.2) is 0 Å². The zero-order valence-electron chi connectivity index (χ0n) is 18.4. The number of nitrogens with one attached hydrogen (secondary N) is 2. The highest BCUT2D eigenvalue weighted by atomic mass is 19.1. The molecule has 33 heavy (non-hydrogen) atoms. The van der Waals surface area contributed by atoms with E-state index in [9.17, 15) is 14.0 Å². The Morgan fingerprint density at radius 2 is 2.12 bits per heavy atom. The van der Waals surface area contributed by atoms with Crippen molar-refractivity contribution in [2.24, 2.45) is 0 Å². The van der Waals surface area contributed by atoms with E-state index >= 15 is 0 Å². The van der Waals surface area contributed by atoms with E-state index in [2.05, 4.69) is 31.4 Å². The molecule has 1 amide bonds. The monoisotopic (exact) mass is 446 g/mol. The normalized spacial score (nSPS) is 14.6. The second kappa shape index (κ2) is 8.25. The Morgan fingerprint density at radius 3 is 2.82 bits per heavy atom. The van der Waals surface area contributed by atoms with Crippen LogP contribution in [0, 0.1) is 12.7 Å². The van der Waals surface area contributed by atoms with Crippen molar-refractivity contribution in [3.05, 3.63) is 81.3 Å².